The van der Waals surface area contributed by atoms with Gasteiger partial charge in [0.15, 0.2) is 23.0 Å². The molecule has 0 aliphatic heterocycles. The van der Waals surface area contributed by atoms with Gasteiger partial charge < -0.3 is 61.3 Å². The van der Waals surface area contributed by atoms with Crippen molar-refractivity contribution in [3.05, 3.63) is 68.8 Å². The molecule has 1 aliphatic rings. The van der Waals surface area contributed by atoms with Crippen molar-refractivity contribution < 1.29 is 231 Å². The van der Waals surface area contributed by atoms with E-state index in [9.17, 15) is 113 Å². The zero-order valence-electron chi connectivity index (χ0n) is 36.2. The fourth-order valence-corrected chi connectivity index (χ4v) is 9.94. The summed E-state index contributed by atoms with van der Waals surface area (Å²) in [7, 11) is -20.3. The Kier molecular flexibility index (Phi) is 22.4. The van der Waals surface area contributed by atoms with Crippen LogP contribution in [0.3, 0.4) is 0 Å². The predicted octanol–water partition coefficient (Wildman–Crippen LogP) is -12.4. The molecule has 0 heterocycles. The van der Waals surface area contributed by atoms with Gasteiger partial charge in [0.25, 0.3) is 40.5 Å². The average Bonchev–Trinajstić information content (AvgIpc) is 3.17. The fraction of sp³-hybridized carbons (Fsp3) is 0.333. The van der Waals surface area contributed by atoms with E-state index in [1.54, 1.807) is 0 Å². The molecule has 8 bridgehead atoms. The molecule has 0 aromatic heterocycles. The molecule has 32 heteroatoms. The van der Waals surface area contributed by atoms with Crippen molar-refractivity contribution in [1.82, 2.24) is 0 Å². The molecular formula is C36H36Na4O24S4. The number of aromatic hydroxyl groups is 8. The minimum atomic E-state index is -5.10. The minimum Gasteiger partial charge on any atom is -0.870 e. The van der Waals surface area contributed by atoms with E-state index in [4.69, 9.17) is 0 Å². The fourth-order valence-electron chi connectivity index (χ4n) is 7.81. The van der Waals surface area contributed by atoms with Crippen LogP contribution >= 0.6 is 0 Å². The average molecular weight is 1070 g/mol. The summed E-state index contributed by atoms with van der Waals surface area (Å²) in [4.78, 5) is 0. The Labute approximate surface area is 476 Å². The first kappa shape index (κ1) is 64.1. The van der Waals surface area contributed by atoms with Crippen LogP contribution in [0, 0.1) is 0 Å². The minimum absolute atomic E-state index is 0. The summed E-state index contributed by atoms with van der Waals surface area (Å²) in [6, 6.07) is 2.35. The second kappa shape index (κ2) is 23.8. The topological polar surface area (TPSA) is 472 Å². The van der Waals surface area contributed by atoms with Gasteiger partial charge >= 0.3 is 118 Å². The third-order valence-corrected chi connectivity index (χ3v) is 13.8. The van der Waals surface area contributed by atoms with Crippen molar-refractivity contribution in [3.63, 3.8) is 0 Å². The molecule has 0 fully saturated rings. The van der Waals surface area contributed by atoms with E-state index in [1.165, 1.54) is 0 Å². The molecular weight excluding hydrogens is 1040 g/mol. The van der Waals surface area contributed by atoms with E-state index in [2.05, 4.69) is 0 Å². The maximum absolute atomic E-state index is 13.8. The summed E-state index contributed by atoms with van der Waals surface area (Å²) in [6.45, 7) is 0. The van der Waals surface area contributed by atoms with E-state index in [-0.39, 0.29) is 118 Å². The molecule has 0 radical (unpaired) electrons. The van der Waals surface area contributed by atoms with Crippen molar-refractivity contribution >= 4 is 40.5 Å². The zero-order chi connectivity index (χ0) is 48.3. The second-order valence-corrected chi connectivity index (χ2v) is 21.1. The summed E-state index contributed by atoms with van der Waals surface area (Å²) in [5.41, 5.74) is -7.28. The SMILES string of the molecule is O=S(=O)(O)CCC1c2cc(c([O-])c(O)c2[O-])C(CCS(=O)(=O)O)c2cc(c(O)c(O)c2O)C(CCS(=O)(=O)O)c2cc(c(O)c(O)c2O)C(CCS(=O)(=O)O)c2cc1c([O-])c(O)c2[O-].[Na+].[Na+].[Na+].[Na+]. The summed E-state index contributed by atoms with van der Waals surface area (Å²) < 4.78 is 136. The predicted molar refractivity (Wildman–Crippen MR) is 208 cm³/mol. The van der Waals surface area contributed by atoms with Crippen LogP contribution in [0.4, 0.5) is 0 Å². The molecule has 0 saturated carbocycles. The largest absolute Gasteiger partial charge is 1.00 e. The molecule has 1 aliphatic carbocycles. The maximum Gasteiger partial charge on any atom is 1.00 e. The smallest absolute Gasteiger partial charge is 0.870 e. The summed E-state index contributed by atoms with van der Waals surface area (Å²) in [5, 5.41) is 145. The first-order valence-corrected chi connectivity index (χ1v) is 24.5. The van der Waals surface area contributed by atoms with Crippen LogP contribution in [0.15, 0.2) is 24.3 Å². The van der Waals surface area contributed by atoms with E-state index in [0.717, 1.165) is 0 Å². The van der Waals surface area contributed by atoms with Gasteiger partial charge in [0.05, 0.1) is 23.0 Å². The summed E-state index contributed by atoms with van der Waals surface area (Å²) in [5.74, 6) is -32.8. The van der Waals surface area contributed by atoms with Gasteiger partial charge in [-0.2, -0.15) is 33.7 Å². The third-order valence-electron chi connectivity index (χ3n) is 10.8. The molecule has 68 heavy (non-hydrogen) atoms. The number of fused-ring (bicyclic) bond motifs is 8. The van der Waals surface area contributed by atoms with Crippen LogP contribution < -0.4 is 139 Å². The van der Waals surface area contributed by atoms with Crippen molar-refractivity contribution in [1.29, 1.82) is 0 Å². The van der Waals surface area contributed by atoms with Gasteiger partial charge in [-0.1, -0.05) is 35.1 Å². The Morgan fingerprint density at radius 3 is 0.662 bits per heavy atom. The zero-order valence-corrected chi connectivity index (χ0v) is 47.4. The number of rotatable bonds is 12. The van der Waals surface area contributed by atoms with E-state index < -0.39 is 226 Å². The maximum atomic E-state index is 13.8. The molecule has 12 N–H and O–H groups in total. The molecule has 0 spiro atoms. The number of phenols is 8. The van der Waals surface area contributed by atoms with Gasteiger partial charge in [-0.25, -0.2) is 0 Å². The van der Waals surface area contributed by atoms with Gasteiger partial charge in [-0.15, -0.1) is 0 Å². The normalized spacial score (nSPS) is 17.1. The van der Waals surface area contributed by atoms with Crippen LogP contribution in [-0.4, -0.2) is 116 Å². The monoisotopic (exact) mass is 1070 g/mol. The molecule has 2 atom stereocenters. The number of benzene rings is 4. The molecule has 24 nitrogen and oxygen atoms in total. The molecule has 2 unspecified atom stereocenters. The van der Waals surface area contributed by atoms with Crippen molar-refractivity contribution in [2.75, 3.05) is 23.0 Å². The van der Waals surface area contributed by atoms with Gasteiger partial charge in [-0.05, 0) is 60.1 Å². The Morgan fingerprint density at radius 2 is 0.471 bits per heavy atom. The van der Waals surface area contributed by atoms with Crippen LogP contribution in [0.1, 0.15) is 93.9 Å². The van der Waals surface area contributed by atoms with Crippen molar-refractivity contribution in [3.8, 4) is 69.0 Å². The molecule has 0 amide bonds. The van der Waals surface area contributed by atoms with Crippen molar-refractivity contribution in [2.24, 2.45) is 0 Å². The first-order valence-electron chi connectivity index (χ1n) is 18.1. The summed E-state index contributed by atoms with van der Waals surface area (Å²) in [6.07, 6.45) is -4.27. The molecule has 4 aromatic carbocycles. The Morgan fingerprint density at radius 1 is 0.309 bits per heavy atom. The second-order valence-electron chi connectivity index (χ2n) is 14.8. The summed E-state index contributed by atoms with van der Waals surface area (Å²) >= 11 is 0. The van der Waals surface area contributed by atoms with Crippen LogP contribution in [-0.2, 0) is 40.5 Å². The van der Waals surface area contributed by atoms with Gasteiger partial charge in [0.1, 0.15) is 11.5 Å². The van der Waals surface area contributed by atoms with E-state index in [0.29, 0.717) is 24.3 Å². The standard InChI is InChI=1S/C36H40O24S4.4Na/c37-25-17-9-19(27(39)33(25)45)14(2-6-62(52,53)54)21-11-23(31(43)35(47)29(21)41)16(4-8-64(58,59)60)24-12-22(30(42)36(48)32(24)44)15(3-7-63(55,56)57)20-10-18(26(38)34(46)28(20)40)13(17)1-5-61(49,50)51;;;;/h9-16,37-48H,1-8H2,(H,49,50,51)(H,52,53,54)(H,55,56,57)(H,58,59,60);;;;/q;4*+1/p-4. The quantitative estimate of drug-likeness (QED) is 0.0356. The molecule has 4 aromatic rings. The number of hydrogen-bond donors (Lipinski definition) is 12. The van der Waals surface area contributed by atoms with Gasteiger partial charge in [-0.3, -0.25) is 18.2 Å². The van der Waals surface area contributed by atoms with E-state index in [1.807, 2.05) is 0 Å². The Hall–Kier alpha value is -1.88. The van der Waals surface area contributed by atoms with Crippen LogP contribution in [0.5, 0.6) is 69.0 Å². The first-order chi connectivity index (χ1) is 29.2. The number of phenolic OH excluding ortho intramolecular Hbond substituents is 8. The van der Waals surface area contributed by atoms with Crippen LogP contribution in [0.2, 0.25) is 0 Å². The third kappa shape index (κ3) is 14.2. The number of hydrogen-bond acceptors (Lipinski definition) is 20. The van der Waals surface area contributed by atoms with Gasteiger partial charge in [0, 0.05) is 45.9 Å². The van der Waals surface area contributed by atoms with Crippen molar-refractivity contribution in [2.45, 2.75) is 49.4 Å². The molecule has 352 valence electrons. The van der Waals surface area contributed by atoms with E-state index >= 15 is 0 Å². The molecule has 5 rings (SSSR count). The van der Waals surface area contributed by atoms with Gasteiger partial charge in [0.2, 0.25) is 11.5 Å². The van der Waals surface area contributed by atoms with Crippen LogP contribution in [0.25, 0.3) is 0 Å². The molecule has 0 saturated heterocycles. The Balaban J connectivity index is 0.00000578. The Bertz CT molecular complexity index is 2510.